The van der Waals surface area contributed by atoms with Gasteiger partial charge in [0.05, 0.1) is 11.6 Å². The summed E-state index contributed by atoms with van der Waals surface area (Å²) in [5.41, 5.74) is 6.06. The Morgan fingerprint density at radius 2 is 1.87 bits per heavy atom. The van der Waals surface area contributed by atoms with Crippen LogP contribution >= 0.6 is 0 Å². The SMILES string of the molecule is C[C@H](N)C(=O)Nc1ccc(C(=O)O)cc1. The highest BCUT2D eigenvalue weighted by molar-refractivity contribution is 5.95. The Hall–Kier alpha value is -1.88. The molecule has 1 aromatic rings. The lowest BCUT2D eigenvalue weighted by Crippen LogP contribution is -2.32. The lowest BCUT2D eigenvalue weighted by Gasteiger charge is -2.07. The molecule has 4 N–H and O–H groups in total. The Balaban J connectivity index is 2.73. The molecular weight excluding hydrogens is 196 g/mol. The van der Waals surface area contributed by atoms with Gasteiger partial charge in [0, 0.05) is 5.69 Å². The molecule has 5 heteroatoms. The number of anilines is 1. The first-order valence-corrected chi connectivity index (χ1v) is 4.40. The van der Waals surface area contributed by atoms with E-state index in [4.69, 9.17) is 10.8 Å². The van der Waals surface area contributed by atoms with Crippen molar-refractivity contribution in [3.8, 4) is 0 Å². The highest BCUT2D eigenvalue weighted by Crippen LogP contribution is 2.09. The average Bonchev–Trinajstić information content (AvgIpc) is 2.18. The van der Waals surface area contributed by atoms with Crippen molar-refractivity contribution in [1.82, 2.24) is 0 Å². The fraction of sp³-hybridized carbons (Fsp3) is 0.200. The number of nitrogens with one attached hydrogen (secondary N) is 1. The summed E-state index contributed by atoms with van der Waals surface area (Å²) in [6, 6.07) is 5.27. The van der Waals surface area contributed by atoms with Crippen LogP contribution in [-0.2, 0) is 4.79 Å². The Labute approximate surface area is 86.9 Å². The minimum absolute atomic E-state index is 0.175. The number of benzene rings is 1. The fourth-order valence-electron chi connectivity index (χ4n) is 0.952. The summed E-state index contributed by atoms with van der Waals surface area (Å²) in [4.78, 5) is 21.7. The second kappa shape index (κ2) is 4.56. The molecule has 1 atom stereocenters. The number of hydrogen-bond acceptors (Lipinski definition) is 3. The number of carbonyl (C=O) groups is 2. The van der Waals surface area contributed by atoms with Crippen molar-refractivity contribution in [1.29, 1.82) is 0 Å². The summed E-state index contributed by atoms with van der Waals surface area (Å²) in [7, 11) is 0. The first-order chi connectivity index (χ1) is 7.00. The Bertz CT molecular complexity index is 371. The monoisotopic (exact) mass is 208 g/mol. The summed E-state index contributed by atoms with van der Waals surface area (Å²) in [6.45, 7) is 1.57. The van der Waals surface area contributed by atoms with Gasteiger partial charge in [-0.1, -0.05) is 0 Å². The van der Waals surface area contributed by atoms with Crippen LogP contribution in [0.3, 0.4) is 0 Å². The Morgan fingerprint density at radius 1 is 1.33 bits per heavy atom. The van der Waals surface area contributed by atoms with E-state index in [2.05, 4.69) is 5.32 Å². The molecule has 0 aliphatic rings. The van der Waals surface area contributed by atoms with E-state index in [0.29, 0.717) is 5.69 Å². The fourth-order valence-corrected chi connectivity index (χ4v) is 0.952. The van der Waals surface area contributed by atoms with Crippen LogP contribution in [0.5, 0.6) is 0 Å². The topological polar surface area (TPSA) is 92.4 Å². The summed E-state index contributed by atoms with van der Waals surface area (Å²) < 4.78 is 0. The smallest absolute Gasteiger partial charge is 0.335 e. The molecule has 1 rings (SSSR count). The molecule has 0 unspecified atom stereocenters. The highest BCUT2D eigenvalue weighted by atomic mass is 16.4. The third-order valence-corrected chi connectivity index (χ3v) is 1.81. The van der Waals surface area contributed by atoms with Gasteiger partial charge in [-0.3, -0.25) is 4.79 Å². The number of carbonyl (C=O) groups excluding carboxylic acids is 1. The van der Waals surface area contributed by atoms with Crippen LogP contribution < -0.4 is 11.1 Å². The molecule has 1 aromatic carbocycles. The quantitative estimate of drug-likeness (QED) is 0.680. The van der Waals surface area contributed by atoms with Crippen LogP contribution in [0.1, 0.15) is 17.3 Å². The summed E-state index contributed by atoms with van der Waals surface area (Å²) in [5, 5.41) is 11.2. The van der Waals surface area contributed by atoms with Gasteiger partial charge in [-0.15, -0.1) is 0 Å². The van der Waals surface area contributed by atoms with Crippen LogP contribution in [0.4, 0.5) is 5.69 Å². The van der Waals surface area contributed by atoms with Crippen molar-refractivity contribution in [2.45, 2.75) is 13.0 Å². The van der Waals surface area contributed by atoms with Gasteiger partial charge in [-0.05, 0) is 31.2 Å². The molecular formula is C10H12N2O3. The van der Waals surface area contributed by atoms with Crippen LogP contribution in [-0.4, -0.2) is 23.0 Å². The molecule has 0 bridgehead atoms. The van der Waals surface area contributed by atoms with E-state index in [9.17, 15) is 9.59 Å². The predicted molar refractivity (Wildman–Crippen MR) is 55.7 cm³/mol. The predicted octanol–water partition coefficient (Wildman–Crippen LogP) is 0.670. The molecule has 0 radical (unpaired) electrons. The van der Waals surface area contributed by atoms with Crippen molar-refractivity contribution >= 4 is 17.6 Å². The third kappa shape index (κ3) is 3.07. The van der Waals surface area contributed by atoms with Gasteiger partial charge in [-0.25, -0.2) is 4.79 Å². The first-order valence-electron chi connectivity index (χ1n) is 4.40. The lowest BCUT2D eigenvalue weighted by molar-refractivity contribution is -0.117. The van der Waals surface area contributed by atoms with E-state index in [0.717, 1.165) is 0 Å². The standard InChI is InChI=1S/C10H12N2O3/c1-6(11)9(13)12-8-4-2-7(3-5-8)10(14)15/h2-6H,11H2,1H3,(H,12,13)(H,14,15)/t6-/m0/s1. The van der Waals surface area contributed by atoms with Crippen LogP contribution in [0.25, 0.3) is 0 Å². The third-order valence-electron chi connectivity index (χ3n) is 1.81. The minimum atomic E-state index is -1.000. The molecule has 15 heavy (non-hydrogen) atoms. The molecule has 0 heterocycles. The van der Waals surface area contributed by atoms with Gasteiger partial charge >= 0.3 is 5.97 Å². The zero-order chi connectivity index (χ0) is 11.4. The number of amides is 1. The van der Waals surface area contributed by atoms with Crippen LogP contribution in [0.2, 0.25) is 0 Å². The zero-order valence-electron chi connectivity index (χ0n) is 8.23. The second-order valence-electron chi connectivity index (χ2n) is 3.16. The van der Waals surface area contributed by atoms with E-state index >= 15 is 0 Å². The largest absolute Gasteiger partial charge is 0.478 e. The molecule has 0 aliphatic carbocycles. The molecule has 5 nitrogen and oxygen atoms in total. The summed E-state index contributed by atoms with van der Waals surface area (Å²) >= 11 is 0. The van der Waals surface area contributed by atoms with Gasteiger partial charge in [0.15, 0.2) is 0 Å². The molecule has 0 spiro atoms. The van der Waals surface area contributed by atoms with E-state index in [-0.39, 0.29) is 11.5 Å². The van der Waals surface area contributed by atoms with Gasteiger partial charge in [-0.2, -0.15) is 0 Å². The molecule has 0 saturated heterocycles. The number of carboxylic acids is 1. The summed E-state index contributed by atoms with van der Waals surface area (Å²) in [6.07, 6.45) is 0. The maximum Gasteiger partial charge on any atom is 0.335 e. The number of aromatic carboxylic acids is 1. The van der Waals surface area contributed by atoms with Gasteiger partial charge in [0.2, 0.25) is 5.91 Å². The van der Waals surface area contributed by atoms with Crippen molar-refractivity contribution < 1.29 is 14.7 Å². The molecule has 80 valence electrons. The van der Waals surface area contributed by atoms with Gasteiger partial charge in [0.1, 0.15) is 0 Å². The van der Waals surface area contributed by atoms with Crippen molar-refractivity contribution in [3.05, 3.63) is 29.8 Å². The number of hydrogen-bond donors (Lipinski definition) is 3. The van der Waals surface area contributed by atoms with Gasteiger partial charge < -0.3 is 16.2 Å². The Kier molecular flexibility index (Phi) is 3.41. The van der Waals surface area contributed by atoms with Crippen molar-refractivity contribution in [3.63, 3.8) is 0 Å². The van der Waals surface area contributed by atoms with Crippen LogP contribution in [0, 0.1) is 0 Å². The van der Waals surface area contributed by atoms with Crippen molar-refractivity contribution in [2.75, 3.05) is 5.32 Å². The van der Waals surface area contributed by atoms with Crippen LogP contribution in [0.15, 0.2) is 24.3 Å². The first kappa shape index (κ1) is 11.2. The Morgan fingerprint density at radius 3 is 2.27 bits per heavy atom. The van der Waals surface area contributed by atoms with E-state index in [1.807, 2.05) is 0 Å². The normalized spacial score (nSPS) is 11.9. The van der Waals surface area contributed by atoms with Gasteiger partial charge in [0.25, 0.3) is 0 Å². The summed E-state index contributed by atoms with van der Waals surface area (Å²) in [5.74, 6) is -1.31. The zero-order valence-corrected chi connectivity index (χ0v) is 8.23. The highest BCUT2D eigenvalue weighted by Gasteiger charge is 2.07. The maximum atomic E-state index is 11.2. The number of carboxylic acid groups (broad SMARTS) is 1. The molecule has 0 aromatic heterocycles. The van der Waals surface area contributed by atoms with E-state index in [1.54, 1.807) is 6.92 Å². The molecule has 0 fully saturated rings. The second-order valence-corrected chi connectivity index (χ2v) is 3.16. The average molecular weight is 208 g/mol. The molecule has 0 aliphatic heterocycles. The lowest BCUT2D eigenvalue weighted by atomic mass is 10.2. The maximum absolute atomic E-state index is 11.2. The number of nitrogens with two attached hydrogens (primary N) is 1. The van der Waals surface area contributed by atoms with E-state index < -0.39 is 12.0 Å². The van der Waals surface area contributed by atoms with Crippen molar-refractivity contribution in [2.24, 2.45) is 5.73 Å². The molecule has 0 saturated carbocycles. The van der Waals surface area contributed by atoms with E-state index in [1.165, 1.54) is 24.3 Å². The molecule has 1 amide bonds. The number of rotatable bonds is 3. The minimum Gasteiger partial charge on any atom is -0.478 e.